The molecule has 0 aliphatic rings. The fraction of sp³-hybridized carbons (Fsp3) is 0.407. The third-order valence-electron chi connectivity index (χ3n) is 5.43. The molecule has 176 valence electrons. The number of nitrogens with zero attached hydrogens (tertiary/aromatic N) is 2. The van der Waals surface area contributed by atoms with Gasteiger partial charge in [-0.05, 0) is 50.1 Å². The van der Waals surface area contributed by atoms with Crippen molar-refractivity contribution in [1.29, 1.82) is 0 Å². The molecule has 1 amide bonds. The summed E-state index contributed by atoms with van der Waals surface area (Å²) in [6.45, 7) is 11.0. The summed E-state index contributed by atoms with van der Waals surface area (Å²) in [6, 6.07) is 13.8. The smallest absolute Gasteiger partial charge is 0.225 e. The molecular formula is C27H35N3O3. The van der Waals surface area contributed by atoms with Crippen LogP contribution in [0.3, 0.4) is 0 Å². The minimum atomic E-state index is -0.458. The molecule has 0 aliphatic heterocycles. The van der Waals surface area contributed by atoms with Gasteiger partial charge in [0, 0.05) is 12.0 Å². The highest BCUT2D eigenvalue weighted by Crippen LogP contribution is 2.29. The van der Waals surface area contributed by atoms with E-state index in [1.807, 2.05) is 83.2 Å². The Balaban J connectivity index is 1.72. The van der Waals surface area contributed by atoms with Crippen LogP contribution in [-0.2, 0) is 11.3 Å². The van der Waals surface area contributed by atoms with Crippen molar-refractivity contribution in [2.75, 3.05) is 13.7 Å². The molecule has 3 aromatic rings. The standard InChI is InChI=1S/C27H35N3O3/c1-7-11-20-14-15-23(24(18-20)32-6)33-17-10-16-30-22-13-9-8-12-21(22)29-25(30)19(2)28-26(31)27(3,4)5/h7-9,11-15,18-19H,10,16-17H2,1-6H3,(H,28,31)/b11-7+. The number of methoxy groups -OCH3 is 1. The van der Waals surface area contributed by atoms with E-state index in [9.17, 15) is 4.79 Å². The number of aryl methyl sites for hydroxylation is 1. The Kier molecular flexibility index (Phi) is 7.79. The lowest BCUT2D eigenvalue weighted by molar-refractivity contribution is -0.129. The van der Waals surface area contributed by atoms with E-state index in [1.54, 1.807) is 7.11 Å². The molecule has 0 fully saturated rings. The molecular weight excluding hydrogens is 414 g/mol. The van der Waals surface area contributed by atoms with E-state index < -0.39 is 5.41 Å². The van der Waals surface area contributed by atoms with Gasteiger partial charge in [0.05, 0.1) is 30.8 Å². The van der Waals surface area contributed by atoms with Crippen molar-refractivity contribution in [2.24, 2.45) is 5.41 Å². The normalized spacial score (nSPS) is 12.8. The van der Waals surface area contributed by atoms with E-state index in [-0.39, 0.29) is 11.9 Å². The number of hydrogen-bond acceptors (Lipinski definition) is 4. The van der Waals surface area contributed by atoms with E-state index in [4.69, 9.17) is 14.5 Å². The lowest BCUT2D eigenvalue weighted by Crippen LogP contribution is -2.37. The lowest BCUT2D eigenvalue weighted by Gasteiger charge is -2.22. The third kappa shape index (κ3) is 5.95. The van der Waals surface area contributed by atoms with Gasteiger partial charge >= 0.3 is 0 Å². The average Bonchev–Trinajstić information content (AvgIpc) is 3.15. The topological polar surface area (TPSA) is 65.4 Å². The van der Waals surface area contributed by atoms with Crippen LogP contribution in [0.15, 0.2) is 48.5 Å². The van der Waals surface area contributed by atoms with Crippen LogP contribution in [0.1, 0.15) is 58.5 Å². The van der Waals surface area contributed by atoms with Gasteiger partial charge in [0.1, 0.15) is 5.82 Å². The maximum atomic E-state index is 12.5. The van der Waals surface area contributed by atoms with E-state index in [0.717, 1.165) is 46.9 Å². The number of allylic oxidation sites excluding steroid dienone is 1. The molecule has 1 heterocycles. The number of aromatic nitrogens is 2. The van der Waals surface area contributed by atoms with Crippen LogP contribution in [0.4, 0.5) is 0 Å². The summed E-state index contributed by atoms with van der Waals surface area (Å²) in [6.07, 6.45) is 4.80. The Labute approximate surface area is 196 Å². The summed E-state index contributed by atoms with van der Waals surface area (Å²) < 4.78 is 13.7. The number of carbonyl (C=O) groups is 1. The molecule has 33 heavy (non-hydrogen) atoms. The van der Waals surface area contributed by atoms with Crippen molar-refractivity contribution in [3.63, 3.8) is 0 Å². The van der Waals surface area contributed by atoms with Crippen molar-refractivity contribution in [1.82, 2.24) is 14.9 Å². The molecule has 0 saturated carbocycles. The maximum absolute atomic E-state index is 12.5. The molecule has 6 nitrogen and oxygen atoms in total. The van der Waals surface area contributed by atoms with Crippen LogP contribution in [0.25, 0.3) is 17.1 Å². The minimum absolute atomic E-state index is 0.00500. The third-order valence-corrected chi connectivity index (χ3v) is 5.43. The Morgan fingerprint density at radius 3 is 2.64 bits per heavy atom. The van der Waals surface area contributed by atoms with Crippen LogP contribution < -0.4 is 14.8 Å². The van der Waals surface area contributed by atoms with Gasteiger partial charge in [-0.3, -0.25) is 4.79 Å². The minimum Gasteiger partial charge on any atom is -0.493 e. The highest BCUT2D eigenvalue weighted by Gasteiger charge is 2.25. The van der Waals surface area contributed by atoms with Crippen molar-refractivity contribution in [2.45, 2.75) is 53.6 Å². The molecule has 0 aliphatic carbocycles. The maximum Gasteiger partial charge on any atom is 0.225 e. The van der Waals surface area contributed by atoms with Crippen LogP contribution in [-0.4, -0.2) is 29.2 Å². The first-order valence-electron chi connectivity index (χ1n) is 11.4. The molecule has 1 unspecified atom stereocenters. The van der Waals surface area contributed by atoms with Crippen LogP contribution in [0, 0.1) is 5.41 Å². The van der Waals surface area contributed by atoms with Crippen LogP contribution in [0.2, 0.25) is 0 Å². The second-order valence-corrected chi connectivity index (χ2v) is 9.17. The molecule has 0 saturated heterocycles. The van der Waals surface area contributed by atoms with E-state index in [2.05, 4.69) is 16.0 Å². The van der Waals surface area contributed by atoms with Crippen LogP contribution in [0.5, 0.6) is 11.5 Å². The number of amides is 1. The summed E-state index contributed by atoms with van der Waals surface area (Å²) in [4.78, 5) is 17.4. The first kappa shape index (κ1) is 24.4. The molecule has 6 heteroatoms. The fourth-order valence-electron chi connectivity index (χ4n) is 3.64. The van der Waals surface area contributed by atoms with Gasteiger partial charge < -0.3 is 19.4 Å². The zero-order chi connectivity index (χ0) is 24.0. The largest absolute Gasteiger partial charge is 0.493 e. The van der Waals surface area contributed by atoms with Gasteiger partial charge in [-0.15, -0.1) is 0 Å². The molecule has 1 atom stereocenters. The molecule has 1 aromatic heterocycles. The Hall–Kier alpha value is -3.28. The SMILES string of the molecule is C/C=C/c1ccc(OCCCn2c(C(C)NC(=O)C(C)(C)C)nc3ccccc32)c(OC)c1. The quantitative estimate of drug-likeness (QED) is 0.421. The average molecular weight is 450 g/mol. The number of para-hydroxylation sites is 2. The van der Waals surface area contributed by atoms with Gasteiger partial charge in [-0.1, -0.05) is 51.1 Å². The van der Waals surface area contributed by atoms with Gasteiger partial charge in [0.2, 0.25) is 5.91 Å². The van der Waals surface area contributed by atoms with E-state index in [1.165, 1.54) is 0 Å². The Bertz CT molecular complexity index is 1130. The fourth-order valence-corrected chi connectivity index (χ4v) is 3.64. The zero-order valence-electron chi connectivity index (χ0n) is 20.5. The number of nitrogens with one attached hydrogen (secondary N) is 1. The summed E-state index contributed by atoms with van der Waals surface area (Å²) >= 11 is 0. The molecule has 2 aromatic carbocycles. The predicted molar refractivity (Wildman–Crippen MR) is 134 cm³/mol. The number of rotatable bonds is 9. The molecule has 0 spiro atoms. The van der Waals surface area contributed by atoms with Crippen molar-refractivity contribution in [3.8, 4) is 11.5 Å². The monoisotopic (exact) mass is 449 g/mol. The number of benzene rings is 2. The first-order chi connectivity index (χ1) is 15.7. The number of fused-ring (bicyclic) bond motifs is 1. The Morgan fingerprint density at radius 2 is 1.94 bits per heavy atom. The molecule has 3 rings (SSSR count). The summed E-state index contributed by atoms with van der Waals surface area (Å²) in [5.41, 5.74) is 2.59. The summed E-state index contributed by atoms with van der Waals surface area (Å²) in [5, 5.41) is 3.11. The highest BCUT2D eigenvalue weighted by molar-refractivity contribution is 5.82. The predicted octanol–water partition coefficient (Wildman–Crippen LogP) is 5.77. The summed E-state index contributed by atoms with van der Waals surface area (Å²) in [5.74, 6) is 2.30. The second-order valence-electron chi connectivity index (χ2n) is 9.17. The number of hydrogen-bond donors (Lipinski definition) is 1. The van der Waals surface area contributed by atoms with Crippen molar-refractivity contribution in [3.05, 3.63) is 59.9 Å². The van der Waals surface area contributed by atoms with Gasteiger partial charge in [-0.25, -0.2) is 4.98 Å². The molecule has 0 bridgehead atoms. The molecule has 1 N–H and O–H groups in total. The first-order valence-corrected chi connectivity index (χ1v) is 11.4. The van der Waals surface area contributed by atoms with E-state index in [0.29, 0.717) is 6.61 Å². The number of ether oxygens (including phenoxy) is 2. The van der Waals surface area contributed by atoms with Crippen LogP contribution >= 0.6 is 0 Å². The highest BCUT2D eigenvalue weighted by atomic mass is 16.5. The second kappa shape index (κ2) is 10.6. The summed E-state index contributed by atoms with van der Waals surface area (Å²) in [7, 11) is 1.65. The van der Waals surface area contributed by atoms with Gasteiger partial charge in [0.25, 0.3) is 0 Å². The van der Waals surface area contributed by atoms with Crippen molar-refractivity contribution < 1.29 is 14.3 Å². The number of carbonyl (C=O) groups excluding carboxylic acids is 1. The lowest BCUT2D eigenvalue weighted by atomic mass is 9.95. The number of imidazole rings is 1. The molecule has 0 radical (unpaired) electrons. The van der Waals surface area contributed by atoms with Crippen molar-refractivity contribution >= 4 is 23.0 Å². The van der Waals surface area contributed by atoms with E-state index >= 15 is 0 Å². The van der Waals surface area contributed by atoms with Gasteiger partial charge in [-0.2, -0.15) is 0 Å². The van der Waals surface area contributed by atoms with Gasteiger partial charge in [0.15, 0.2) is 11.5 Å². The Morgan fingerprint density at radius 1 is 1.18 bits per heavy atom. The zero-order valence-corrected chi connectivity index (χ0v) is 20.5.